The topological polar surface area (TPSA) is 39.1 Å². The molecule has 19 heavy (non-hydrogen) atoms. The molecular formula is C15H29N3O. The first kappa shape index (κ1) is 16.2. The summed E-state index contributed by atoms with van der Waals surface area (Å²) in [6, 6.07) is 2.48. The van der Waals surface area contributed by atoms with Crippen molar-refractivity contribution in [2.75, 3.05) is 13.7 Å². The number of aromatic nitrogens is 2. The summed E-state index contributed by atoms with van der Waals surface area (Å²) in [7, 11) is 1.80. The highest BCUT2D eigenvalue weighted by Crippen LogP contribution is 2.22. The molecule has 1 N–H and O–H groups in total. The maximum absolute atomic E-state index is 5.76. The Morgan fingerprint density at radius 2 is 2.11 bits per heavy atom. The van der Waals surface area contributed by atoms with Crippen molar-refractivity contribution in [3.63, 3.8) is 0 Å². The Bertz CT molecular complexity index is 383. The smallest absolute Gasteiger partial charge is 0.0804 e. The zero-order valence-corrected chi connectivity index (χ0v) is 13.3. The Balaban J connectivity index is 2.94. The van der Waals surface area contributed by atoms with Crippen LogP contribution in [0.4, 0.5) is 0 Å². The summed E-state index contributed by atoms with van der Waals surface area (Å²) in [5.41, 5.74) is 2.22. The van der Waals surface area contributed by atoms with Crippen LogP contribution in [0.5, 0.6) is 0 Å². The molecule has 1 aromatic rings. The molecule has 2 atom stereocenters. The van der Waals surface area contributed by atoms with Gasteiger partial charge < -0.3 is 10.1 Å². The molecule has 0 aliphatic rings. The second kappa shape index (κ2) is 7.06. The molecule has 110 valence electrons. The lowest BCUT2D eigenvalue weighted by Gasteiger charge is -2.36. The van der Waals surface area contributed by atoms with Crippen molar-refractivity contribution < 1.29 is 4.74 Å². The summed E-state index contributed by atoms with van der Waals surface area (Å²) in [5.74, 6) is 0. The Morgan fingerprint density at radius 1 is 1.42 bits per heavy atom. The van der Waals surface area contributed by atoms with E-state index < -0.39 is 0 Å². The van der Waals surface area contributed by atoms with Gasteiger partial charge in [-0.1, -0.05) is 13.8 Å². The molecule has 0 radical (unpaired) electrons. The summed E-state index contributed by atoms with van der Waals surface area (Å²) in [6.07, 6.45) is 1.93. The van der Waals surface area contributed by atoms with Crippen LogP contribution in [0, 0.1) is 6.92 Å². The first-order chi connectivity index (χ1) is 9.00. The van der Waals surface area contributed by atoms with Crippen LogP contribution >= 0.6 is 0 Å². The standard InChI is InChI=1S/C15H29N3O/c1-7-15(5,19-6)14(16-8-2)11-13-10-12(4)17-18(13)9-3/h10,14,16H,7-9,11H2,1-6H3. The van der Waals surface area contributed by atoms with Gasteiger partial charge in [0.25, 0.3) is 0 Å². The third kappa shape index (κ3) is 3.80. The Hall–Kier alpha value is -0.870. The lowest BCUT2D eigenvalue weighted by Crippen LogP contribution is -2.51. The molecule has 1 heterocycles. The van der Waals surface area contributed by atoms with E-state index in [1.165, 1.54) is 5.69 Å². The second-order valence-electron chi connectivity index (χ2n) is 5.28. The van der Waals surface area contributed by atoms with E-state index in [9.17, 15) is 0 Å². The zero-order valence-electron chi connectivity index (χ0n) is 13.3. The van der Waals surface area contributed by atoms with Crippen LogP contribution in [0.15, 0.2) is 6.07 Å². The van der Waals surface area contributed by atoms with Crippen LogP contribution < -0.4 is 5.32 Å². The van der Waals surface area contributed by atoms with Crippen molar-refractivity contribution in [3.8, 4) is 0 Å². The highest BCUT2D eigenvalue weighted by Gasteiger charge is 2.32. The van der Waals surface area contributed by atoms with Crippen molar-refractivity contribution in [3.05, 3.63) is 17.5 Å². The van der Waals surface area contributed by atoms with E-state index in [-0.39, 0.29) is 5.60 Å². The first-order valence-corrected chi connectivity index (χ1v) is 7.32. The molecule has 0 aliphatic carbocycles. The average molecular weight is 267 g/mol. The third-order valence-electron chi connectivity index (χ3n) is 4.05. The molecular weight excluding hydrogens is 238 g/mol. The largest absolute Gasteiger partial charge is 0.377 e. The van der Waals surface area contributed by atoms with Gasteiger partial charge in [-0.05, 0) is 39.8 Å². The van der Waals surface area contributed by atoms with Crippen molar-refractivity contribution in [1.82, 2.24) is 15.1 Å². The quantitative estimate of drug-likeness (QED) is 0.787. The number of hydrogen-bond acceptors (Lipinski definition) is 3. The normalized spacial score (nSPS) is 16.3. The highest BCUT2D eigenvalue weighted by atomic mass is 16.5. The van der Waals surface area contributed by atoms with Gasteiger partial charge in [-0.25, -0.2) is 0 Å². The van der Waals surface area contributed by atoms with Gasteiger partial charge in [0.15, 0.2) is 0 Å². The van der Waals surface area contributed by atoms with E-state index in [0.29, 0.717) is 6.04 Å². The molecule has 4 nitrogen and oxygen atoms in total. The van der Waals surface area contributed by atoms with Crippen molar-refractivity contribution >= 4 is 0 Å². The van der Waals surface area contributed by atoms with E-state index in [1.807, 2.05) is 6.92 Å². The minimum Gasteiger partial charge on any atom is -0.377 e. The predicted octanol–water partition coefficient (Wildman–Crippen LogP) is 2.55. The van der Waals surface area contributed by atoms with Gasteiger partial charge in [-0.15, -0.1) is 0 Å². The van der Waals surface area contributed by atoms with Crippen molar-refractivity contribution in [1.29, 1.82) is 0 Å². The molecule has 2 unspecified atom stereocenters. The highest BCUT2D eigenvalue weighted by molar-refractivity contribution is 5.12. The summed E-state index contributed by atoms with van der Waals surface area (Å²) < 4.78 is 7.85. The molecule has 1 aromatic heterocycles. The van der Waals surface area contributed by atoms with Crippen LogP contribution in [0.1, 0.15) is 45.5 Å². The number of hydrogen-bond donors (Lipinski definition) is 1. The van der Waals surface area contributed by atoms with Gasteiger partial charge in [-0.3, -0.25) is 4.68 Å². The fraction of sp³-hybridized carbons (Fsp3) is 0.800. The Labute approximate surface area is 117 Å². The average Bonchev–Trinajstić information content (AvgIpc) is 2.77. The van der Waals surface area contributed by atoms with Gasteiger partial charge in [0, 0.05) is 31.8 Å². The molecule has 0 bridgehead atoms. The van der Waals surface area contributed by atoms with Gasteiger partial charge in [0.05, 0.1) is 11.3 Å². The summed E-state index contributed by atoms with van der Waals surface area (Å²) in [5, 5.41) is 8.09. The lowest BCUT2D eigenvalue weighted by atomic mass is 9.89. The van der Waals surface area contributed by atoms with Gasteiger partial charge in [0.2, 0.25) is 0 Å². The lowest BCUT2D eigenvalue weighted by molar-refractivity contribution is -0.0288. The number of nitrogens with one attached hydrogen (secondary N) is 1. The van der Waals surface area contributed by atoms with Gasteiger partial charge in [0.1, 0.15) is 0 Å². The third-order valence-corrected chi connectivity index (χ3v) is 4.05. The van der Waals surface area contributed by atoms with Crippen LogP contribution in [-0.4, -0.2) is 35.1 Å². The van der Waals surface area contributed by atoms with Gasteiger partial charge >= 0.3 is 0 Å². The first-order valence-electron chi connectivity index (χ1n) is 7.32. The van der Waals surface area contributed by atoms with Gasteiger partial charge in [-0.2, -0.15) is 5.10 Å². The van der Waals surface area contributed by atoms with E-state index in [2.05, 4.69) is 48.9 Å². The molecule has 0 saturated heterocycles. The van der Waals surface area contributed by atoms with E-state index >= 15 is 0 Å². The number of nitrogens with zero attached hydrogens (tertiary/aromatic N) is 2. The molecule has 0 aromatic carbocycles. The molecule has 0 fully saturated rings. The van der Waals surface area contributed by atoms with Crippen LogP contribution in [0.25, 0.3) is 0 Å². The number of aryl methyl sites for hydroxylation is 2. The number of likely N-dealkylation sites (N-methyl/N-ethyl adjacent to an activating group) is 1. The molecule has 0 spiro atoms. The maximum atomic E-state index is 5.76. The SMILES string of the molecule is CCNC(Cc1cc(C)nn1CC)C(C)(CC)OC. The fourth-order valence-electron chi connectivity index (χ4n) is 2.53. The van der Waals surface area contributed by atoms with Crippen LogP contribution in [0.3, 0.4) is 0 Å². The molecule has 0 amide bonds. The van der Waals surface area contributed by atoms with Crippen LogP contribution in [0.2, 0.25) is 0 Å². The van der Waals surface area contributed by atoms with Crippen molar-refractivity contribution in [2.45, 2.75) is 65.6 Å². The maximum Gasteiger partial charge on any atom is 0.0804 e. The van der Waals surface area contributed by atoms with E-state index in [4.69, 9.17) is 4.74 Å². The minimum absolute atomic E-state index is 0.146. The zero-order chi connectivity index (χ0) is 14.5. The molecule has 4 heteroatoms. The summed E-state index contributed by atoms with van der Waals surface area (Å²) in [4.78, 5) is 0. The second-order valence-corrected chi connectivity index (χ2v) is 5.28. The van der Waals surface area contributed by atoms with E-state index in [1.54, 1.807) is 7.11 Å². The number of rotatable bonds is 8. The number of ether oxygens (including phenoxy) is 1. The Morgan fingerprint density at radius 3 is 2.58 bits per heavy atom. The Kier molecular flexibility index (Phi) is 6.01. The molecule has 1 rings (SSSR count). The summed E-state index contributed by atoms with van der Waals surface area (Å²) in [6.45, 7) is 12.5. The minimum atomic E-state index is -0.146. The van der Waals surface area contributed by atoms with Crippen molar-refractivity contribution in [2.24, 2.45) is 0 Å². The molecule has 0 saturated carbocycles. The van der Waals surface area contributed by atoms with E-state index in [0.717, 1.165) is 31.6 Å². The fourth-order valence-corrected chi connectivity index (χ4v) is 2.53. The number of methoxy groups -OCH3 is 1. The summed E-state index contributed by atoms with van der Waals surface area (Å²) >= 11 is 0. The predicted molar refractivity (Wildman–Crippen MR) is 79.5 cm³/mol. The van der Waals surface area contributed by atoms with Crippen LogP contribution in [-0.2, 0) is 17.7 Å². The monoisotopic (exact) mass is 267 g/mol. The molecule has 0 aliphatic heterocycles.